The number of benzene rings is 1. The van der Waals surface area contributed by atoms with Gasteiger partial charge in [0.1, 0.15) is 5.01 Å². The van der Waals surface area contributed by atoms with Gasteiger partial charge in [0.05, 0.1) is 10.2 Å². The van der Waals surface area contributed by atoms with Gasteiger partial charge in [0.2, 0.25) is 0 Å². The number of thiazole rings is 1. The van der Waals surface area contributed by atoms with E-state index in [1.807, 2.05) is 0 Å². The first-order valence-electron chi connectivity index (χ1n) is 6.08. The van der Waals surface area contributed by atoms with Gasteiger partial charge in [-0.15, -0.1) is 11.3 Å². The first-order valence-corrected chi connectivity index (χ1v) is 7.95. The van der Waals surface area contributed by atoms with E-state index in [0.29, 0.717) is 0 Å². The van der Waals surface area contributed by atoms with E-state index in [-0.39, 0.29) is 0 Å². The molecule has 90 valence electrons. The molecule has 1 aliphatic rings. The minimum absolute atomic E-state index is 0.823. The van der Waals surface area contributed by atoms with E-state index in [2.05, 4.69) is 46.3 Å². The number of nitrogens with one attached hydrogen (secondary N) is 1. The lowest BCUT2D eigenvalue weighted by molar-refractivity contribution is 0.644. The van der Waals surface area contributed by atoms with Crippen LogP contribution in [0, 0.1) is 0 Å². The summed E-state index contributed by atoms with van der Waals surface area (Å²) in [6.07, 6.45) is 2.76. The van der Waals surface area contributed by atoms with Crippen molar-refractivity contribution in [2.45, 2.75) is 24.6 Å². The van der Waals surface area contributed by atoms with E-state index >= 15 is 0 Å². The summed E-state index contributed by atoms with van der Waals surface area (Å²) in [6.45, 7) is 2.04. The van der Waals surface area contributed by atoms with Gasteiger partial charge in [-0.25, -0.2) is 4.98 Å². The van der Waals surface area contributed by atoms with Gasteiger partial charge in [-0.05, 0) is 30.7 Å². The highest BCUT2D eigenvalue weighted by molar-refractivity contribution is 8.00. The Morgan fingerprint density at radius 2 is 2.29 bits per heavy atom. The van der Waals surface area contributed by atoms with Gasteiger partial charge in [0.15, 0.2) is 0 Å². The lowest BCUT2D eigenvalue weighted by Gasteiger charge is -2.08. The molecule has 4 heteroatoms. The van der Waals surface area contributed by atoms with E-state index in [1.165, 1.54) is 28.3 Å². The fourth-order valence-corrected chi connectivity index (χ4v) is 4.31. The Hall–Kier alpha value is -0.580. The smallest absolute Gasteiger partial charge is 0.108 e. The molecule has 2 aromatic rings. The molecule has 1 N–H and O–H groups in total. The molecule has 1 aromatic heterocycles. The fraction of sp³-hybridized carbons (Fsp3) is 0.462. The maximum absolute atomic E-state index is 4.63. The summed E-state index contributed by atoms with van der Waals surface area (Å²) in [7, 11) is 0. The minimum Gasteiger partial charge on any atom is -0.309 e. The summed E-state index contributed by atoms with van der Waals surface area (Å²) in [4.78, 5) is 4.63. The molecule has 2 nitrogen and oxygen atoms in total. The van der Waals surface area contributed by atoms with Crippen LogP contribution < -0.4 is 5.32 Å². The average Bonchev–Trinajstić information content (AvgIpc) is 2.96. The van der Waals surface area contributed by atoms with Crippen molar-refractivity contribution >= 4 is 33.3 Å². The fourth-order valence-electron chi connectivity index (χ4n) is 2.14. The number of thioether (sulfide) groups is 1. The van der Waals surface area contributed by atoms with Crippen LogP contribution in [0.25, 0.3) is 10.2 Å². The Morgan fingerprint density at radius 1 is 1.35 bits per heavy atom. The Morgan fingerprint density at radius 3 is 3.12 bits per heavy atom. The largest absolute Gasteiger partial charge is 0.309 e. The van der Waals surface area contributed by atoms with Gasteiger partial charge < -0.3 is 5.32 Å². The van der Waals surface area contributed by atoms with Crippen molar-refractivity contribution in [1.82, 2.24) is 10.3 Å². The molecule has 1 aliphatic heterocycles. The SMILES string of the molecule is c1ccc2sc(CNCC3CCCS3)nc2c1. The second-order valence-corrected chi connectivity index (χ2v) is 6.86. The van der Waals surface area contributed by atoms with E-state index in [9.17, 15) is 0 Å². The highest BCUT2D eigenvalue weighted by Gasteiger charge is 2.14. The van der Waals surface area contributed by atoms with Crippen molar-refractivity contribution < 1.29 is 0 Å². The van der Waals surface area contributed by atoms with E-state index in [4.69, 9.17) is 0 Å². The first-order chi connectivity index (χ1) is 8.42. The highest BCUT2D eigenvalue weighted by atomic mass is 32.2. The number of para-hydroxylation sites is 1. The quantitative estimate of drug-likeness (QED) is 0.917. The van der Waals surface area contributed by atoms with Gasteiger partial charge in [0, 0.05) is 18.3 Å². The Labute approximate surface area is 110 Å². The summed E-state index contributed by atoms with van der Waals surface area (Å²) in [5.74, 6) is 1.34. The molecule has 1 saturated heterocycles. The molecule has 0 aliphatic carbocycles. The zero-order valence-electron chi connectivity index (χ0n) is 9.69. The topological polar surface area (TPSA) is 24.9 Å². The highest BCUT2D eigenvalue weighted by Crippen LogP contribution is 2.25. The Balaban J connectivity index is 1.57. The minimum atomic E-state index is 0.823. The molecule has 0 amide bonds. The van der Waals surface area contributed by atoms with Gasteiger partial charge in [-0.1, -0.05) is 12.1 Å². The summed E-state index contributed by atoms with van der Waals surface area (Å²) in [5, 5.41) is 5.56. The zero-order valence-corrected chi connectivity index (χ0v) is 11.3. The molecular formula is C13H16N2S2. The molecule has 1 atom stereocenters. The summed E-state index contributed by atoms with van der Waals surface area (Å²) in [6, 6.07) is 8.35. The summed E-state index contributed by atoms with van der Waals surface area (Å²) >= 11 is 3.90. The second kappa shape index (κ2) is 5.38. The number of aromatic nitrogens is 1. The predicted octanol–water partition coefficient (Wildman–Crippen LogP) is 3.28. The number of hydrogen-bond acceptors (Lipinski definition) is 4. The zero-order chi connectivity index (χ0) is 11.5. The van der Waals surface area contributed by atoms with Crippen LogP contribution in [0.1, 0.15) is 17.8 Å². The summed E-state index contributed by atoms with van der Waals surface area (Å²) < 4.78 is 1.29. The molecule has 3 rings (SSSR count). The first kappa shape index (κ1) is 11.5. The van der Waals surface area contributed by atoms with Crippen LogP contribution in [-0.2, 0) is 6.54 Å². The third-order valence-corrected chi connectivity index (χ3v) is 5.44. The summed E-state index contributed by atoms with van der Waals surface area (Å²) in [5.41, 5.74) is 1.13. The van der Waals surface area contributed by atoms with Crippen molar-refractivity contribution in [3.63, 3.8) is 0 Å². The molecule has 0 saturated carbocycles. The standard InChI is InChI=1S/C13H16N2S2/c1-2-6-12-11(5-1)15-13(17-12)9-14-8-10-4-3-7-16-10/h1-2,5-6,10,14H,3-4,7-9H2. The second-order valence-electron chi connectivity index (χ2n) is 4.34. The Kier molecular flexibility index (Phi) is 3.64. The van der Waals surface area contributed by atoms with E-state index in [0.717, 1.165) is 23.9 Å². The van der Waals surface area contributed by atoms with Crippen molar-refractivity contribution in [1.29, 1.82) is 0 Å². The molecule has 17 heavy (non-hydrogen) atoms. The monoisotopic (exact) mass is 264 g/mol. The number of rotatable bonds is 4. The third-order valence-electron chi connectivity index (χ3n) is 3.01. The van der Waals surface area contributed by atoms with Gasteiger partial charge in [0.25, 0.3) is 0 Å². The molecule has 1 unspecified atom stereocenters. The van der Waals surface area contributed by atoms with Crippen molar-refractivity contribution in [3.05, 3.63) is 29.3 Å². The van der Waals surface area contributed by atoms with Gasteiger partial charge in [-0.3, -0.25) is 0 Å². The molecule has 0 bridgehead atoms. The maximum atomic E-state index is 4.63. The van der Waals surface area contributed by atoms with Crippen molar-refractivity contribution in [3.8, 4) is 0 Å². The molecule has 0 spiro atoms. The lowest BCUT2D eigenvalue weighted by Crippen LogP contribution is -2.22. The molecule has 0 radical (unpaired) electrons. The van der Waals surface area contributed by atoms with Gasteiger partial charge in [-0.2, -0.15) is 11.8 Å². The lowest BCUT2D eigenvalue weighted by atomic mass is 10.2. The third kappa shape index (κ3) is 2.81. The van der Waals surface area contributed by atoms with Crippen LogP contribution in [0.3, 0.4) is 0 Å². The molecule has 2 heterocycles. The van der Waals surface area contributed by atoms with Crippen LogP contribution in [0.2, 0.25) is 0 Å². The Bertz CT molecular complexity index is 456. The van der Waals surface area contributed by atoms with Crippen LogP contribution in [0.15, 0.2) is 24.3 Å². The van der Waals surface area contributed by atoms with E-state index in [1.54, 1.807) is 11.3 Å². The van der Waals surface area contributed by atoms with Crippen LogP contribution in [0.4, 0.5) is 0 Å². The average molecular weight is 264 g/mol. The predicted molar refractivity (Wildman–Crippen MR) is 76.8 cm³/mol. The molecule has 1 aromatic carbocycles. The number of fused-ring (bicyclic) bond motifs is 1. The van der Waals surface area contributed by atoms with Crippen LogP contribution in [-0.4, -0.2) is 22.5 Å². The van der Waals surface area contributed by atoms with E-state index < -0.39 is 0 Å². The van der Waals surface area contributed by atoms with Crippen LogP contribution in [0.5, 0.6) is 0 Å². The molecular weight excluding hydrogens is 248 g/mol. The van der Waals surface area contributed by atoms with Gasteiger partial charge >= 0.3 is 0 Å². The van der Waals surface area contributed by atoms with Crippen molar-refractivity contribution in [2.24, 2.45) is 0 Å². The maximum Gasteiger partial charge on any atom is 0.108 e. The number of nitrogens with zero attached hydrogens (tertiary/aromatic N) is 1. The van der Waals surface area contributed by atoms with Crippen LogP contribution >= 0.6 is 23.1 Å². The molecule has 1 fully saturated rings. The number of hydrogen-bond donors (Lipinski definition) is 1. The van der Waals surface area contributed by atoms with Crippen molar-refractivity contribution in [2.75, 3.05) is 12.3 Å². The normalized spacial score (nSPS) is 20.1.